The van der Waals surface area contributed by atoms with E-state index in [4.69, 9.17) is 4.74 Å². The molecule has 0 spiro atoms. The highest BCUT2D eigenvalue weighted by Gasteiger charge is 2.11. The van der Waals surface area contributed by atoms with Gasteiger partial charge in [0.25, 0.3) is 0 Å². The van der Waals surface area contributed by atoms with Crippen molar-refractivity contribution in [2.24, 2.45) is 0 Å². The molecule has 1 unspecified atom stereocenters. The van der Waals surface area contributed by atoms with Gasteiger partial charge in [0.1, 0.15) is 5.75 Å². The van der Waals surface area contributed by atoms with Gasteiger partial charge in [-0.15, -0.1) is 11.8 Å². The van der Waals surface area contributed by atoms with E-state index < -0.39 is 0 Å². The maximum Gasteiger partial charge on any atom is 0.132 e. The minimum Gasteiger partial charge on any atom is -0.496 e. The van der Waals surface area contributed by atoms with Crippen LogP contribution in [0.4, 0.5) is 0 Å². The second-order valence-corrected chi connectivity index (χ2v) is 5.20. The van der Waals surface area contributed by atoms with E-state index in [2.05, 4.69) is 31.3 Å². The molecule has 3 heteroatoms. The Bertz CT molecular complexity index is 328. The van der Waals surface area contributed by atoms with Gasteiger partial charge in [0.15, 0.2) is 0 Å². The van der Waals surface area contributed by atoms with Crippen LogP contribution in [0.1, 0.15) is 18.9 Å². The van der Waals surface area contributed by atoms with Gasteiger partial charge in [0, 0.05) is 16.7 Å². The largest absolute Gasteiger partial charge is 0.496 e. The number of benzene rings is 1. The lowest BCUT2D eigenvalue weighted by Crippen LogP contribution is -2.20. The zero-order valence-corrected chi connectivity index (χ0v) is 11.4. The second kappa shape index (κ2) is 6.81. The average molecular weight is 239 g/mol. The SMILES string of the molecule is CCC(CNC)Sc1cc(C)ccc1OC. The summed E-state index contributed by atoms with van der Waals surface area (Å²) in [6.07, 6.45) is 1.16. The molecular weight excluding hydrogens is 218 g/mol. The van der Waals surface area contributed by atoms with Crippen LogP contribution in [-0.2, 0) is 0 Å². The molecule has 0 heterocycles. The maximum atomic E-state index is 5.38. The lowest BCUT2D eigenvalue weighted by molar-refractivity contribution is 0.404. The van der Waals surface area contributed by atoms with Gasteiger partial charge < -0.3 is 10.1 Å². The first-order valence-corrected chi connectivity index (χ1v) is 6.55. The number of hydrogen-bond acceptors (Lipinski definition) is 3. The number of ether oxygens (including phenoxy) is 1. The van der Waals surface area contributed by atoms with Gasteiger partial charge in [-0.25, -0.2) is 0 Å². The Hall–Kier alpha value is -0.670. The Morgan fingerprint density at radius 2 is 2.19 bits per heavy atom. The Labute approximate surface area is 103 Å². The molecule has 0 aliphatic carbocycles. The van der Waals surface area contributed by atoms with Crippen LogP contribution in [0.25, 0.3) is 0 Å². The third-order valence-electron chi connectivity index (χ3n) is 2.50. The van der Waals surface area contributed by atoms with E-state index in [-0.39, 0.29) is 0 Å². The molecule has 1 N–H and O–H groups in total. The van der Waals surface area contributed by atoms with Crippen LogP contribution in [-0.4, -0.2) is 26.0 Å². The topological polar surface area (TPSA) is 21.3 Å². The number of aryl methyl sites for hydroxylation is 1. The number of hydrogen-bond donors (Lipinski definition) is 1. The van der Waals surface area contributed by atoms with Gasteiger partial charge in [-0.2, -0.15) is 0 Å². The molecule has 90 valence electrons. The first-order valence-electron chi connectivity index (χ1n) is 5.67. The number of methoxy groups -OCH3 is 1. The quantitative estimate of drug-likeness (QED) is 0.771. The molecule has 16 heavy (non-hydrogen) atoms. The highest BCUT2D eigenvalue weighted by molar-refractivity contribution is 8.00. The van der Waals surface area contributed by atoms with Gasteiger partial charge in [-0.3, -0.25) is 0 Å². The van der Waals surface area contributed by atoms with Crippen molar-refractivity contribution in [3.63, 3.8) is 0 Å². The van der Waals surface area contributed by atoms with Crippen molar-refractivity contribution in [1.29, 1.82) is 0 Å². The predicted molar refractivity (Wildman–Crippen MR) is 71.6 cm³/mol. The minimum absolute atomic E-state index is 0.598. The standard InChI is InChI=1S/C13H21NOS/c1-5-11(9-14-3)16-13-8-10(2)6-7-12(13)15-4/h6-8,11,14H,5,9H2,1-4H3. The number of nitrogens with one attached hydrogen (secondary N) is 1. The van der Waals surface area contributed by atoms with E-state index in [9.17, 15) is 0 Å². The second-order valence-electron chi connectivity index (χ2n) is 3.86. The third-order valence-corrected chi connectivity index (χ3v) is 3.91. The van der Waals surface area contributed by atoms with Gasteiger partial charge >= 0.3 is 0 Å². The van der Waals surface area contributed by atoms with Gasteiger partial charge in [-0.1, -0.05) is 13.0 Å². The van der Waals surface area contributed by atoms with Crippen LogP contribution in [0.15, 0.2) is 23.1 Å². The highest BCUT2D eigenvalue weighted by Crippen LogP contribution is 2.33. The fourth-order valence-electron chi connectivity index (χ4n) is 1.55. The Kier molecular flexibility index (Phi) is 5.71. The van der Waals surface area contributed by atoms with E-state index in [0.29, 0.717) is 5.25 Å². The Balaban J connectivity index is 2.80. The molecule has 1 atom stereocenters. The fraction of sp³-hybridized carbons (Fsp3) is 0.538. The summed E-state index contributed by atoms with van der Waals surface area (Å²) in [5.74, 6) is 0.977. The van der Waals surface area contributed by atoms with Crippen LogP contribution in [0.5, 0.6) is 5.75 Å². The van der Waals surface area contributed by atoms with Crippen LogP contribution in [0.2, 0.25) is 0 Å². The lowest BCUT2D eigenvalue weighted by Gasteiger charge is -2.16. The molecule has 1 aromatic rings. The lowest BCUT2D eigenvalue weighted by atomic mass is 10.2. The van der Waals surface area contributed by atoms with Crippen LogP contribution < -0.4 is 10.1 Å². The molecule has 0 amide bonds. The van der Waals surface area contributed by atoms with E-state index in [1.165, 1.54) is 10.5 Å². The smallest absolute Gasteiger partial charge is 0.132 e. The zero-order chi connectivity index (χ0) is 12.0. The van der Waals surface area contributed by atoms with Crippen molar-refractivity contribution in [1.82, 2.24) is 5.32 Å². The van der Waals surface area contributed by atoms with Gasteiger partial charge in [0.05, 0.1) is 7.11 Å². The van der Waals surface area contributed by atoms with Crippen LogP contribution in [0, 0.1) is 6.92 Å². The third kappa shape index (κ3) is 3.72. The van der Waals surface area contributed by atoms with E-state index in [1.807, 2.05) is 24.9 Å². The van der Waals surface area contributed by atoms with Crippen molar-refractivity contribution in [2.75, 3.05) is 20.7 Å². The summed E-state index contributed by atoms with van der Waals surface area (Å²) in [6, 6.07) is 6.33. The van der Waals surface area contributed by atoms with Crippen molar-refractivity contribution in [2.45, 2.75) is 30.4 Å². The maximum absolute atomic E-state index is 5.38. The molecule has 0 aliphatic rings. The number of thioether (sulfide) groups is 1. The van der Waals surface area contributed by atoms with E-state index in [0.717, 1.165) is 18.7 Å². The summed E-state index contributed by atoms with van der Waals surface area (Å²) in [7, 11) is 3.73. The van der Waals surface area contributed by atoms with E-state index in [1.54, 1.807) is 7.11 Å². The molecule has 0 radical (unpaired) electrons. The van der Waals surface area contributed by atoms with Crippen molar-refractivity contribution in [3.05, 3.63) is 23.8 Å². The minimum atomic E-state index is 0.598. The Morgan fingerprint density at radius 1 is 1.44 bits per heavy atom. The molecule has 0 saturated carbocycles. The number of rotatable bonds is 6. The van der Waals surface area contributed by atoms with Crippen LogP contribution >= 0.6 is 11.8 Å². The van der Waals surface area contributed by atoms with Crippen LogP contribution in [0.3, 0.4) is 0 Å². The van der Waals surface area contributed by atoms with Crippen molar-refractivity contribution in [3.8, 4) is 5.75 Å². The molecular formula is C13H21NOS. The van der Waals surface area contributed by atoms with Crippen molar-refractivity contribution < 1.29 is 4.74 Å². The molecule has 0 fully saturated rings. The Morgan fingerprint density at radius 3 is 2.75 bits per heavy atom. The first kappa shape index (κ1) is 13.4. The summed E-state index contributed by atoms with van der Waals surface area (Å²) in [4.78, 5) is 1.24. The molecule has 1 rings (SSSR count). The highest BCUT2D eigenvalue weighted by atomic mass is 32.2. The average Bonchev–Trinajstić information content (AvgIpc) is 2.29. The summed E-state index contributed by atoms with van der Waals surface area (Å²) < 4.78 is 5.38. The van der Waals surface area contributed by atoms with Crippen molar-refractivity contribution >= 4 is 11.8 Å². The molecule has 0 aliphatic heterocycles. The normalized spacial score (nSPS) is 12.5. The van der Waals surface area contributed by atoms with E-state index >= 15 is 0 Å². The summed E-state index contributed by atoms with van der Waals surface area (Å²) >= 11 is 1.89. The summed E-state index contributed by atoms with van der Waals surface area (Å²) in [6.45, 7) is 5.36. The molecule has 0 saturated heterocycles. The molecule has 0 aromatic heterocycles. The summed E-state index contributed by atoms with van der Waals surface area (Å²) in [5, 5.41) is 3.83. The zero-order valence-electron chi connectivity index (χ0n) is 10.5. The molecule has 0 bridgehead atoms. The first-order chi connectivity index (χ1) is 7.71. The van der Waals surface area contributed by atoms with Gasteiger partial charge in [0.2, 0.25) is 0 Å². The molecule has 2 nitrogen and oxygen atoms in total. The van der Waals surface area contributed by atoms with Gasteiger partial charge in [-0.05, 0) is 38.1 Å². The fourth-order valence-corrected chi connectivity index (χ4v) is 2.85. The predicted octanol–water partition coefficient (Wildman–Crippen LogP) is 3.09. The molecule has 1 aromatic carbocycles. The summed E-state index contributed by atoms with van der Waals surface area (Å²) in [5.41, 5.74) is 1.28. The monoisotopic (exact) mass is 239 g/mol.